The second-order valence-electron chi connectivity index (χ2n) is 5.35. The average molecular weight is 319 g/mol. The summed E-state index contributed by atoms with van der Waals surface area (Å²) in [6.07, 6.45) is 0.466. The van der Waals surface area contributed by atoms with E-state index in [1.54, 1.807) is 33.0 Å². The summed E-state index contributed by atoms with van der Waals surface area (Å²) in [6.45, 7) is 6.15. The molecule has 2 aromatic rings. The van der Waals surface area contributed by atoms with Gasteiger partial charge in [0, 0.05) is 13.6 Å². The first-order valence-electron chi connectivity index (χ1n) is 7.44. The fraction of sp³-hybridized carbons (Fsp3) is 0.438. The highest BCUT2D eigenvalue weighted by Crippen LogP contribution is 2.27. The standard InChI is InChI=1S/C16H21N3O4/c1-5-8-19(4)16(21)22-9-12-10(2)18-23-15(12)13-6-7-14(20)11(3)17-13/h6-7,20H,5,8-9H2,1-4H3. The van der Waals surface area contributed by atoms with Crippen molar-refractivity contribution in [3.8, 4) is 17.2 Å². The molecule has 0 spiro atoms. The van der Waals surface area contributed by atoms with Crippen molar-refractivity contribution in [1.82, 2.24) is 15.0 Å². The highest BCUT2D eigenvalue weighted by Gasteiger charge is 2.19. The van der Waals surface area contributed by atoms with Crippen molar-refractivity contribution in [1.29, 1.82) is 0 Å². The van der Waals surface area contributed by atoms with Gasteiger partial charge in [0.15, 0.2) is 5.76 Å². The van der Waals surface area contributed by atoms with E-state index >= 15 is 0 Å². The third-order valence-electron chi connectivity index (χ3n) is 3.49. The zero-order valence-electron chi connectivity index (χ0n) is 13.8. The Morgan fingerprint density at radius 2 is 2.09 bits per heavy atom. The summed E-state index contributed by atoms with van der Waals surface area (Å²) in [5.74, 6) is 0.552. The Morgan fingerprint density at radius 1 is 1.35 bits per heavy atom. The van der Waals surface area contributed by atoms with Gasteiger partial charge in [-0.2, -0.15) is 0 Å². The molecule has 0 aromatic carbocycles. The lowest BCUT2D eigenvalue weighted by Crippen LogP contribution is -2.28. The van der Waals surface area contributed by atoms with E-state index < -0.39 is 6.09 Å². The van der Waals surface area contributed by atoms with Crippen LogP contribution in [0.1, 0.15) is 30.3 Å². The molecule has 124 valence electrons. The number of carbonyl (C=O) groups is 1. The monoisotopic (exact) mass is 319 g/mol. The third-order valence-corrected chi connectivity index (χ3v) is 3.49. The van der Waals surface area contributed by atoms with Crippen LogP contribution in [-0.4, -0.2) is 39.8 Å². The van der Waals surface area contributed by atoms with Crippen LogP contribution < -0.4 is 0 Å². The van der Waals surface area contributed by atoms with Gasteiger partial charge in [-0.3, -0.25) is 0 Å². The van der Waals surface area contributed by atoms with Crippen LogP contribution in [0, 0.1) is 13.8 Å². The number of aromatic nitrogens is 2. The predicted octanol–water partition coefficient (Wildman–Crippen LogP) is 3.04. The van der Waals surface area contributed by atoms with Crippen LogP contribution in [0.3, 0.4) is 0 Å². The number of nitrogens with zero attached hydrogens (tertiary/aromatic N) is 3. The molecule has 0 aliphatic carbocycles. The predicted molar refractivity (Wildman–Crippen MR) is 84.0 cm³/mol. The normalized spacial score (nSPS) is 10.6. The second kappa shape index (κ2) is 7.13. The minimum Gasteiger partial charge on any atom is -0.506 e. The lowest BCUT2D eigenvalue weighted by Gasteiger charge is -2.15. The molecule has 1 amide bonds. The molecule has 23 heavy (non-hydrogen) atoms. The van der Waals surface area contributed by atoms with Gasteiger partial charge in [0.1, 0.15) is 18.1 Å². The van der Waals surface area contributed by atoms with Crippen molar-refractivity contribution < 1.29 is 19.2 Å². The Bertz CT molecular complexity index is 697. The van der Waals surface area contributed by atoms with Crippen LogP contribution in [-0.2, 0) is 11.3 Å². The van der Waals surface area contributed by atoms with Gasteiger partial charge in [-0.15, -0.1) is 0 Å². The van der Waals surface area contributed by atoms with E-state index in [0.29, 0.717) is 35.0 Å². The van der Waals surface area contributed by atoms with Gasteiger partial charge in [-0.05, 0) is 32.4 Å². The van der Waals surface area contributed by atoms with Gasteiger partial charge in [-0.1, -0.05) is 12.1 Å². The van der Waals surface area contributed by atoms with Crippen molar-refractivity contribution in [2.24, 2.45) is 0 Å². The first-order chi connectivity index (χ1) is 10.9. The van der Waals surface area contributed by atoms with Crippen molar-refractivity contribution in [3.63, 3.8) is 0 Å². The Hall–Kier alpha value is -2.57. The lowest BCUT2D eigenvalue weighted by atomic mass is 10.1. The zero-order valence-corrected chi connectivity index (χ0v) is 13.8. The number of ether oxygens (including phenoxy) is 1. The zero-order chi connectivity index (χ0) is 17.0. The summed E-state index contributed by atoms with van der Waals surface area (Å²) in [5.41, 5.74) is 2.33. The fourth-order valence-corrected chi connectivity index (χ4v) is 2.11. The Morgan fingerprint density at radius 3 is 2.74 bits per heavy atom. The van der Waals surface area contributed by atoms with Crippen LogP contribution in [0.25, 0.3) is 11.5 Å². The van der Waals surface area contributed by atoms with E-state index in [4.69, 9.17) is 9.26 Å². The van der Waals surface area contributed by atoms with Gasteiger partial charge in [0.05, 0.1) is 17.0 Å². The maximum atomic E-state index is 11.9. The fourth-order valence-electron chi connectivity index (χ4n) is 2.11. The van der Waals surface area contributed by atoms with Crippen molar-refractivity contribution >= 4 is 6.09 Å². The van der Waals surface area contributed by atoms with E-state index in [1.807, 2.05) is 6.92 Å². The lowest BCUT2D eigenvalue weighted by molar-refractivity contribution is 0.105. The molecule has 2 aromatic heterocycles. The van der Waals surface area contributed by atoms with Gasteiger partial charge in [0.2, 0.25) is 0 Å². The summed E-state index contributed by atoms with van der Waals surface area (Å²) >= 11 is 0. The molecule has 0 radical (unpaired) electrons. The first kappa shape index (κ1) is 16.8. The largest absolute Gasteiger partial charge is 0.506 e. The summed E-state index contributed by atoms with van der Waals surface area (Å²) in [4.78, 5) is 17.7. The number of pyridine rings is 1. The smallest absolute Gasteiger partial charge is 0.409 e. The van der Waals surface area contributed by atoms with Crippen molar-refractivity contribution in [2.45, 2.75) is 33.8 Å². The van der Waals surface area contributed by atoms with E-state index in [0.717, 1.165) is 6.42 Å². The van der Waals surface area contributed by atoms with E-state index in [2.05, 4.69) is 10.1 Å². The summed E-state index contributed by atoms with van der Waals surface area (Å²) in [7, 11) is 1.69. The van der Waals surface area contributed by atoms with Crippen molar-refractivity contribution in [3.05, 3.63) is 29.1 Å². The number of aryl methyl sites for hydroxylation is 2. The first-order valence-corrected chi connectivity index (χ1v) is 7.44. The number of carbonyl (C=O) groups excluding carboxylic acids is 1. The maximum Gasteiger partial charge on any atom is 0.409 e. The second-order valence-corrected chi connectivity index (χ2v) is 5.35. The van der Waals surface area contributed by atoms with E-state index in [1.165, 1.54) is 4.90 Å². The van der Waals surface area contributed by atoms with Gasteiger partial charge < -0.3 is 19.3 Å². The molecule has 0 bridgehead atoms. The highest BCUT2D eigenvalue weighted by molar-refractivity contribution is 5.67. The number of amides is 1. The van der Waals surface area contributed by atoms with Crippen LogP contribution >= 0.6 is 0 Å². The molecule has 0 saturated carbocycles. The van der Waals surface area contributed by atoms with Crippen molar-refractivity contribution in [2.75, 3.05) is 13.6 Å². The molecule has 0 unspecified atom stereocenters. The number of hydrogen-bond acceptors (Lipinski definition) is 6. The van der Waals surface area contributed by atoms with Gasteiger partial charge in [0.25, 0.3) is 0 Å². The molecule has 0 atom stereocenters. The molecule has 0 saturated heterocycles. The van der Waals surface area contributed by atoms with Crippen LogP contribution in [0.5, 0.6) is 5.75 Å². The minimum atomic E-state index is -0.395. The Kier molecular flexibility index (Phi) is 5.20. The Labute approximate surface area is 134 Å². The summed E-state index contributed by atoms with van der Waals surface area (Å²) < 4.78 is 10.6. The Balaban J connectivity index is 2.18. The average Bonchev–Trinajstić information content (AvgIpc) is 2.89. The molecule has 2 heterocycles. The molecule has 7 nitrogen and oxygen atoms in total. The minimum absolute atomic E-state index is 0.0547. The molecule has 1 N–H and O–H groups in total. The molecule has 7 heteroatoms. The number of aromatic hydroxyl groups is 1. The van der Waals surface area contributed by atoms with E-state index in [9.17, 15) is 9.90 Å². The number of rotatable bonds is 5. The molecule has 0 aliphatic heterocycles. The number of hydrogen-bond donors (Lipinski definition) is 1. The molecule has 0 fully saturated rings. The molecular weight excluding hydrogens is 298 g/mol. The quantitative estimate of drug-likeness (QED) is 0.911. The SMILES string of the molecule is CCCN(C)C(=O)OCc1c(C)noc1-c1ccc(O)c(C)n1. The van der Waals surface area contributed by atoms with Gasteiger partial charge >= 0.3 is 6.09 Å². The molecular formula is C16H21N3O4. The van der Waals surface area contributed by atoms with Crippen LogP contribution in [0.15, 0.2) is 16.7 Å². The molecule has 0 aliphatic rings. The van der Waals surface area contributed by atoms with Crippen LogP contribution in [0.4, 0.5) is 4.79 Å². The van der Waals surface area contributed by atoms with Gasteiger partial charge in [-0.25, -0.2) is 9.78 Å². The topological polar surface area (TPSA) is 88.7 Å². The summed E-state index contributed by atoms with van der Waals surface area (Å²) in [5, 5.41) is 13.5. The van der Waals surface area contributed by atoms with Crippen LogP contribution in [0.2, 0.25) is 0 Å². The summed E-state index contributed by atoms with van der Waals surface area (Å²) in [6, 6.07) is 3.18. The highest BCUT2D eigenvalue weighted by atomic mass is 16.6. The third kappa shape index (κ3) is 3.80. The van der Waals surface area contributed by atoms with E-state index in [-0.39, 0.29) is 12.4 Å². The molecule has 2 rings (SSSR count). The maximum absolute atomic E-state index is 11.9.